The Morgan fingerprint density at radius 2 is 1.68 bits per heavy atom. The van der Waals surface area contributed by atoms with E-state index >= 15 is 0 Å². The molecule has 0 bridgehead atoms. The van der Waals surface area contributed by atoms with Crippen LogP contribution in [0.4, 0.5) is 18.0 Å². The SMILES string of the molecule is CC(C)(C)OC(=O)/C(=C/c1ccc(O)cc1)O[C@@H]1O[C@H](CO)[C@H](O)[C@H](O)[C@]1(O)NC(=O)c1ccc(C2(C(F)(F)F)N=N2)cc1OCCOCCOCCNC(=O)CCCCC1SCC2NC(=O)NC21. The van der Waals surface area contributed by atoms with Gasteiger partial charge in [0.1, 0.15) is 42.0 Å². The molecule has 21 nitrogen and oxygen atoms in total. The fraction of sp³-hybridized carbons (Fsp3) is 0.591. The Bertz CT molecular complexity index is 2190. The lowest BCUT2D eigenvalue weighted by atomic mass is 9.92. The molecule has 0 radical (unpaired) electrons. The van der Waals surface area contributed by atoms with Gasteiger partial charge in [-0.2, -0.15) is 24.9 Å². The van der Waals surface area contributed by atoms with Crippen molar-refractivity contribution in [3.05, 3.63) is 64.9 Å². The number of thioether (sulfide) groups is 1. The molecule has 0 saturated carbocycles. The second-order valence-corrected chi connectivity index (χ2v) is 18.8. The largest absolute Gasteiger partial charge is 0.508 e. The quantitative estimate of drug-likeness (QED) is 0.0192. The van der Waals surface area contributed by atoms with Crippen molar-refractivity contribution in [3.8, 4) is 11.5 Å². The van der Waals surface area contributed by atoms with Crippen LogP contribution in [0.2, 0.25) is 0 Å². The molecule has 4 aliphatic rings. The number of rotatable bonds is 23. The monoisotopic (exact) mass is 998 g/mol. The summed E-state index contributed by atoms with van der Waals surface area (Å²) in [5.74, 6) is -2.93. The number of phenols is 1. The molecule has 3 unspecified atom stereocenters. The second-order valence-electron chi connectivity index (χ2n) is 17.5. The van der Waals surface area contributed by atoms with Gasteiger partial charge in [-0.25, -0.2) is 9.59 Å². The summed E-state index contributed by atoms with van der Waals surface area (Å²) in [6.07, 6.45) is -9.46. The van der Waals surface area contributed by atoms with Gasteiger partial charge in [0.25, 0.3) is 12.2 Å². The lowest BCUT2D eigenvalue weighted by Gasteiger charge is -2.47. The molecule has 0 spiro atoms. The summed E-state index contributed by atoms with van der Waals surface area (Å²) in [6.45, 7) is 3.81. The zero-order valence-corrected chi connectivity index (χ0v) is 38.7. The molecule has 8 atom stereocenters. The number of nitrogens with zero attached hydrogens (tertiary/aromatic N) is 2. The summed E-state index contributed by atoms with van der Waals surface area (Å²) in [7, 11) is 0. The Labute approximate surface area is 398 Å². The predicted octanol–water partition coefficient (Wildman–Crippen LogP) is 2.08. The van der Waals surface area contributed by atoms with E-state index in [9.17, 15) is 57.9 Å². The van der Waals surface area contributed by atoms with E-state index < -0.39 is 88.9 Å². The number of esters is 1. The number of carbonyl (C=O) groups is 4. The number of hydrogen-bond acceptors (Lipinski definition) is 18. The van der Waals surface area contributed by atoms with E-state index in [0.29, 0.717) is 18.1 Å². The summed E-state index contributed by atoms with van der Waals surface area (Å²) in [4.78, 5) is 51.3. The third-order valence-electron chi connectivity index (χ3n) is 11.2. The average molecular weight is 999 g/mol. The molecule has 380 valence electrons. The van der Waals surface area contributed by atoms with Crippen LogP contribution in [0.15, 0.2) is 58.5 Å². The van der Waals surface area contributed by atoms with Gasteiger partial charge < -0.3 is 75.2 Å². The normalized spacial score (nSPS) is 26.1. The number of halogens is 3. The van der Waals surface area contributed by atoms with E-state index in [1.54, 1.807) is 20.8 Å². The molecule has 4 heterocycles. The van der Waals surface area contributed by atoms with Crippen LogP contribution in [-0.4, -0.2) is 161 Å². The van der Waals surface area contributed by atoms with Crippen LogP contribution < -0.4 is 26.0 Å². The van der Waals surface area contributed by atoms with Crippen molar-refractivity contribution in [3.63, 3.8) is 0 Å². The molecule has 25 heteroatoms. The van der Waals surface area contributed by atoms with E-state index in [2.05, 4.69) is 31.5 Å². The fourth-order valence-electron chi connectivity index (χ4n) is 7.55. The molecule has 69 heavy (non-hydrogen) atoms. The number of carbonyl (C=O) groups excluding carboxylic acids is 4. The van der Waals surface area contributed by atoms with Gasteiger partial charge in [0.2, 0.25) is 17.4 Å². The van der Waals surface area contributed by atoms with Crippen LogP contribution in [0.5, 0.6) is 11.5 Å². The second kappa shape index (κ2) is 22.6. The van der Waals surface area contributed by atoms with Crippen LogP contribution in [0.3, 0.4) is 0 Å². The maximum absolute atomic E-state index is 14.1. The number of unbranched alkanes of at least 4 members (excludes halogenated alkanes) is 1. The lowest BCUT2D eigenvalue weighted by Crippen LogP contribution is -2.73. The topological polar surface area (TPSA) is 298 Å². The number of benzene rings is 2. The Kier molecular flexibility index (Phi) is 17.4. The number of aliphatic hydroxyl groups excluding tert-OH is 3. The molecule has 2 aromatic rings. The minimum Gasteiger partial charge on any atom is -0.508 e. The molecule has 0 aliphatic carbocycles. The number of aromatic hydroxyl groups is 1. The molecule has 2 aromatic carbocycles. The maximum Gasteiger partial charge on any atom is 0.442 e. The van der Waals surface area contributed by atoms with Crippen molar-refractivity contribution in [1.29, 1.82) is 0 Å². The third kappa shape index (κ3) is 13.5. The predicted molar refractivity (Wildman–Crippen MR) is 236 cm³/mol. The number of amides is 4. The molecule has 4 aliphatic heterocycles. The number of phenolic OH excluding ortho intramolecular Hbond substituents is 1. The number of nitrogens with one attached hydrogen (secondary N) is 4. The lowest BCUT2D eigenvalue weighted by molar-refractivity contribution is -0.338. The summed E-state index contributed by atoms with van der Waals surface area (Å²) in [5.41, 5.74) is -7.96. The van der Waals surface area contributed by atoms with Crippen LogP contribution in [0.25, 0.3) is 6.08 Å². The van der Waals surface area contributed by atoms with Crippen LogP contribution in [0.1, 0.15) is 67.9 Å². The Morgan fingerprint density at radius 3 is 2.35 bits per heavy atom. The van der Waals surface area contributed by atoms with Crippen molar-refractivity contribution >= 4 is 41.7 Å². The van der Waals surface area contributed by atoms with Crippen molar-refractivity contribution < 1.29 is 86.3 Å². The summed E-state index contributed by atoms with van der Waals surface area (Å²) >= 11 is 1.82. The standard InChI is InChI=1S/C44H57F3N6O15S/c1-41(2,3)68-38(60)30(20-24-8-11-26(55)12-9-24)66-39-42(62,36(58)35(57)31(22-54)67-39)51-37(59)27-13-10-25(43(52-53-43)44(45,46)47)21-29(27)65-19-18-64-17-16-63-15-14-48-33(56)7-5-4-6-32-34-28(23-69-32)49-40(61)50-34/h8-13,20-21,28,31-32,34-36,39,54-55,57-58,62H,4-7,14-19,22-23H2,1-3H3,(H,48,56)(H,51,59)(H2,49,50,61)/b30-20-/t28?,31-,32?,34?,35+,36+,39-,42-/m1/s1. The molecule has 9 N–H and O–H groups in total. The van der Waals surface area contributed by atoms with Crippen molar-refractivity contribution in [1.82, 2.24) is 21.3 Å². The molecular formula is C44H57F3N6O15S. The highest BCUT2D eigenvalue weighted by molar-refractivity contribution is 8.00. The number of urea groups is 1. The number of ether oxygens (including phenoxy) is 6. The minimum absolute atomic E-state index is 0.0482. The van der Waals surface area contributed by atoms with E-state index in [1.165, 1.54) is 24.3 Å². The molecule has 3 saturated heterocycles. The maximum atomic E-state index is 14.1. The first-order chi connectivity index (χ1) is 32.6. The van der Waals surface area contributed by atoms with E-state index in [0.717, 1.165) is 42.9 Å². The van der Waals surface area contributed by atoms with Gasteiger partial charge in [0.15, 0.2) is 0 Å². The smallest absolute Gasteiger partial charge is 0.442 e. The van der Waals surface area contributed by atoms with Crippen molar-refractivity contribution in [2.75, 3.05) is 51.9 Å². The Balaban J connectivity index is 1.05. The van der Waals surface area contributed by atoms with Gasteiger partial charge in [0, 0.05) is 29.5 Å². The van der Waals surface area contributed by atoms with Crippen molar-refractivity contribution in [2.24, 2.45) is 10.2 Å². The third-order valence-corrected chi connectivity index (χ3v) is 12.7. The number of aliphatic hydroxyl groups is 4. The fourth-order valence-corrected chi connectivity index (χ4v) is 9.09. The van der Waals surface area contributed by atoms with Crippen molar-refractivity contribution in [2.45, 2.75) is 112 Å². The van der Waals surface area contributed by atoms with Gasteiger partial charge in [-0.1, -0.05) is 24.6 Å². The Morgan fingerprint density at radius 1 is 0.986 bits per heavy atom. The zero-order chi connectivity index (χ0) is 50.1. The van der Waals surface area contributed by atoms with Gasteiger partial charge in [-0.3, -0.25) is 9.59 Å². The van der Waals surface area contributed by atoms with Gasteiger partial charge in [-0.15, -0.1) is 10.2 Å². The number of hydrogen-bond donors (Lipinski definition) is 9. The van der Waals surface area contributed by atoms with Gasteiger partial charge >= 0.3 is 23.8 Å². The molecular weight excluding hydrogens is 942 g/mol. The first kappa shape index (κ1) is 53.1. The van der Waals surface area contributed by atoms with Gasteiger partial charge in [0.05, 0.1) is 50.7 Å². The summed E-state index contributed by atoms with van der Waals surface area (Å²) < 4.78 is 75.8. The number of fused-ring (bicyclic) bond motifs is 1. The summed E-state index contributed by atoms with van der Waals surface area (Å²) in [6, 6.07) is 8.18. The van der Waals surface area contributed by atoms with E-state index in [1.807, 2.05) is 11.8 Å². The highest BCUT2D eigenvalue weighted by Gasteiger charge is 2.65. The average Bonchev–Trinajstić information content (AvgIpc) is 3.93. The van der Waals surface area contributed by atoms with E-state index in [4.69, 9.17) is 28.4 Å². The Hall–Kier alpha value is -5.28. The van der Waals surface area contributed by atoms with Crippen LogP contribution in [0, 0.1) is 0 Å². The molecule has 0 aromatic heterocycles. The number of alkyl halides is 3. The zero-order valence-electron chi connectivity index (χ0n) is 37.9. The summed E-state index contributed by atoms with van der Waals surface area (Å²) in [5, 5.41) is 71.3. The molecule has 4 amide bonds. The highest BCUT2D eigenvalue weighted by Crippen LogP contribution is 2.53. The first-order valence-corrected chi connectivity index (χ1v) is 23.2. The van der Waals surface area contributed by atoms with Crippen LogP contribution in [-0.2, 0) is 38.9 Å². The van der Waals surface area contributed by atoms with E-state index in [-0.39, 0.29) is 74.9 Å². The van der Waals surface area contributed by atoms with Crippen LogP contribution >= 0.6 is 11.8 Å². The first-order valence-electron chi connectivity index (χ1n) is 22.1. The molecule has 3 fully saturated rings. The highest BCUT2D eigenvalue weighted by atomic mass is 32.2. The minimum atomic E-state index is -4.96. The molecule has 6 rings (SSSR count). The van der Waals surface area contributed by atoms with Gasteiger partial charge in [-0.05, 0) is 69.5 Å².